The lowest BCUT2D eigenvalue weighted by Gasteiger charge is -2.36. The average Bonchev–Trinajstić information content (AvgIpc) is 2.96. The summed E-state index contributed by atoms with van der Waals surface area (Å²) in [6, 6.07) is 0. The van der Waals surface area contributed by atoms with Crippen LogP contribution in [0.5, 0.6) is 0 Å². The van der Waals surface area contributed by atoms with Crippen LogP contribution in [0.4, 0.5) is 0 Å². The number of carboxylic acid groups (broad SMARTS) is 1. The Morgan fingerprint density at radius 2 is 1.76 bits per heavy atom. The predicted molar refractivity (Wildman–Crippen MR) is 78.0 cm³/mol. The highest BCUT2D eigenvalue weighted by atomic mass is 16.5. The normalized spacial score (nSPS) is 23.7. The van der Waals surface area contributed by atoms with Gasteiger partial charge in [0.15, 0.2) is 0 Å². The van der Waals surface area contributed by atoms with Crippen molar-refractivity contribution >= 4 is 11.9 Å². The van der Waals surface area contributed by atoms with E-state index in [1.165, 1.54) is 0 Å². The van der Waals surface area contributed by atoms with Crippen molar-refractivity contribution in [3.8, 4) is 0 Å². The molecule has 0 spiro atoms. The van der Waals surface area contributed by atoms with Crippen molar-refractivity contribution in [1.82, 2.24) is 10.6 Å². The molecule has 0 bridgehead atoms. The molecule has 2 fully saturated rings. The second-order valence-corrected chi connectivity index (χ2v) is 6.44. The van der Waals surface area contributed by atoms with Gasteiger partial charge in [-0.25, -0.2) is 0 Å². The number of methoxy groups -OCH3 is 1. The van der Waals surface area contributed by atoms with Gasteiger partial charge in [0.25, 0.3) is 0 Å². The quantitative estimate of drug-likeness (QED) is 0.674. The molecule has 1 saturated carbocycles. The van der Waals surface area contributed by atoms with Crippen molar-refractivity contribution in [3.63, 3.8) is 0 Å². The van der Waals surface area contributed by atoms with Crippen molar-refractivity contribution in [3.05, 3.63) is 0 Å². The fourth-order valence-corrected chi connectivity index (χ4v) is 3.57. The smallest absolute Gasteiger partial charge is 0.311 e. The number of piperidine rings is 1. The lowest BCUT2D eigenvalue weighted by atomic mass is 9.78. The molecule has 0 aromatic rings. The number of hydrogen-bond acceptors (Lipinski definition) is 4. The molecule has 120 valence electrons. The van der Waals surface area contributed by atoms with Crippen LogP contribution in [0.2, 0.25) is 0 Å². The van der Waals surface area contributed by atoms with Crippen LogP contribution in [-0.4, -0.2) is 50.3 Å². The molecule has 6 nitrogen and oxygen atoms in total. The monoisotopic (exact) mass is 298 g/mol. The van der Waals surface area contributed by atoms with Crippen LogP contribution < -0.4 is 10.6 Å². The standard InChI is InChI=1S/C15H26N2O4/c1-21-11-15(6-8-16-9-7-15)12(18)17-10-14(13(19)20)4-2-3-5-14/h16H,2-11H2,1H3,(H,17,18)(H,19,20). The third-order valence-corrected chi connectivity index (χ3v) is 5.06. The fraction of sp³-hybridized carbons (Fsp3) is 0.867. The van der Waals surface area contributed by atoms with Gasteiger partial charge in [-0.1, -0.05) is 12.8 Å². The lowest BCUT2D eigenvalue weighted by Crippen LogP contribution is -2.52. The second kappa shape index (κ2) is 6.75. The van der Waals surface area contributed by atoms with Crippen molar-refractivity contribution in [2.75, 3.05) is 33.4 Å². The fourth-order valence-electron chi connectivity index (χ4n) is 3.57. The van der Waals surface area contributed by atoms with E-state index in [2.05, 4.69) is 10.6 Å². The molecule has 6 heteroatoms. The minimum atomic E-state index is -0.786. The zero-order chi connectivity index (χ0) is 15.3. The van der Waals surface area contributed by atoms with E-state index >= 15 is 0 Å². The van der Waals surface area contributed by atoms with Gasteiger partial charge in [0.2, 0.25) is 5.91 Å². The van der Waals surface area contributed by atoms with Crippen molar-refractivity contribution < 1.29 is 19.4 Å². The van der Waals surface area contributed by atoms with E-state index in [9.17, 15) is 14.7 Å². The van der Waals surface area contributed by atoms with E-state index in [0.717, 1.165) is 38.8 Å². The molecule has 2 rings (SSSR count). The summed E-state index contributed by atoms with van der Waals surface area (Å²) < 4.78 is 5.25. The highest BCUT2D eigenvalue weighted by Gasteiger charge is 2.44. The minimum absolute atomic E-state index is 0.0571. The van der Waals surface area contributed by atoms with Crippen LogP contribution in [0.15, 0.2) is 0 Å². The van der Waals surface area contributed by atoms with E-state index < -0.39 is 16.8 Å². The summed E-state index contributed by atoms with van der Waals surface area (Å²) in [6.07, 6.45) is 4.62. The Kier molecular flexibility index (Phi) is 5.22. The topological polar surface area (TPSA) is 87.7 Å². The maximum atomic E-state index is 12.6. The summed E-state index contributed by atoms with van der Waals surface area (Å²) >= 11 is 0. The van der Waals surface area contributed by atoms with E-state index in [-0.39, 0.29) is 12.5 Å². The third kappa shape index (κ3) is 3.37. The van der Waals surface area contributed by atoms with Gasteiger partial charge in [0.05, 0.1) is 17.4 Å². The zero-order valence-electron chi connectivity index (χ0n) is 12.7. The Bertz CT molecular complexity index is 380. The van der Waals surface area contributed by atoms with Gasteiger partial charge in [-0.05, 0) is 38.8 Å². The number of ether oxygens (including phenoxy) is 1. The summed E-state index contributed by atoms with van der Waals surface area (Å²) in [5.41, 5.74) is -1.28. The lowest BCUT2D eigenvalue weighted by molar-refractivity contribution is -0.149. The van der Waals surface area contributed by atoms with E-state index in [4.69, 9.17) is 4.74 Å². The van der Waals surface area contributed by atoms with Crippen LogP contribution in [0.1, 0.15) is 38.5 Å². The Morgan fingerprint density at radius 3 is 2.29 bits per heavy atom. The third-order valence-electron chi connectivity index (χ3n) is 5.06. The summed E-state index contributed by atoms with van der Waals surface area (Å²) in [7, 11) is 1.60. The molecule has 1 saturated heterocycles. The van der Waals surface area contributed by atoms with Crippen LogP contribution in [-0.2, 0) is 14.3 Å². The highest BCUT2D eigenvalue weighted by Crippen LogP contribution is 2.38. The Balaban J connectivity index is 2.00. The first kappa shape index (κ1) is 16.2. The maximum Gasteiger partial charge on any atom is 0.311 e. The molecule has 1 amide bonds. The maximum absolute atomic E-state index is 12.6. The molecule has 1 aliphatic carbocycles. The van der Waals surface area contributed by atoms with E-state index in [1.807, 2.05) is 0 Å². The summed E-state index contributed by atoms with van der Waals surface area (Å²) in [5.74, 6) is -0.843. The number of hydrogen-bond donors (Lipinski definition) is 3. The molecule has 0 aromatic heterocycles. The molecule has 0 atom stereocenters. The average molecular weight is 298 g/mol. The van der Waals surface area contributed by atoms with E-state index in [1.54, 1.807) is 7.11 Å². The number of carbonyl (C=O) groups is 2. The Labute approximate surface area is 125 Å². The van der Waals surface area contributed by atoms with Crippen LogP contribution in [0, 0.1) is 10.8 Å². The first-order valence-corrected chi connectivity index (χ1v) is 7.76. The number of amides is 1. The highest BCUT2D eigenvalue weighted by molar-refractivity contribution is 5.84. The Morgan fingerprint density at radius 1 is 1.14 bits per heavy atom. The SMILES string of the molecule is COCC1(C(=O)NCC2(C(=O)O)CCCC2)CCNCC1. The van der Waals surface area contributed by atoms with Crippen LogP contribution >= 0.6 is 0 Å². The summed E-state index contributed by atoms with van der Waals surface area (Å²) in [5, 5.41) is 15.6. The van der Waals surface area contributed by atoms with Gasteiger partial charge < -0.3 is 20.5 Å². The first-order valence-electron chi connectivity index (χ1n) is 7.76. The van der Waals surface area contributed by atoms with Gasteiger partial charge in [-0.15, -0.1) is 0 Å². The van der Waals surface area contributed by atoms with Crippen LogP contribution in [0.25, 0.3) is 0 Å². The predicted octanol–water partition coefficient (Wildman–Crippen LogP) is 0.764. The molecule has 1 aliphatic heterocycles. The second-order valence-electron chi connectivity index (χ2n) is 6.44. The van der Waals surface area contributed by atoms with Gasteiger partial charge >= 0.3 is 5.97 Å². The van der Waals surface area contributed by atoms with Crippen molar-refractivity contribution in [1.29, 1.82) is 0 Å². The van der Waals surface area contributed by atoms with Crippen molar-refractivity contribution in [2.24, 2.45) is 10.8 Å². The van der Waals surface area contributed by atoms with E-state index in [0.29, 0.717) is 19.4 Å². The summed E-state index contributed by atoms with van der Waals surface area (Å²) in [6.45, 7) is 2.21. The number of carbonyl (C=O) groups excluding carboxylic acids is 1. The number of carboxylic acids is 1. The van der Waals surface area contributed by atoms with Gasteiger partial charge in [-0.3, -0.25) is 9.59 Å². The van der Waals surface area contributed by atoms with Crippen molar-refractivity contribution in [2.45, 2.75) is 38.5 Å². The molecular weight excluding hydrogens is 272 g/mol. The minimum Gasteiger partial charge on any atom is -0.481 e. The molecule has 1 heterocycles. The molecule has 3 N–H and O–H groups in total. The molecule has 0 radical (unpaired) electrons. The van der Waals surface area contributed by atoms with Gasteiger partial charge in [0.1, 0.15) is 0 Å². The van der Waals surface area contributed by atoms with Gasteiger partial charge in [0, 0.05) is 13.7 Å². The number of rotatable bonds is 6. The Hall–Kier alpha value is -1.14. The molecule has 21 heavy (non-hydrogen) atoms. The number of nitrogens with one attached hydrogen (secondary N) is 2. The largest absolute Gasteiger partial charge is 0.481 e. The molecular formula is C15H26N2O4. The molecule has 0 unspecified atom stereocenters. The number of aliphatic carboxylic acids is 1. The first-order chi connectivity index (χ1) is 10.0. The van der Waals surface area contributed by atoms with Gasteiger partial charge in [-0.2, -0.15) is 0 Å². The molecule has 0 aromatic carbocycles. The zero-order valence-corrected chi connectivity index (χ0v) is 12.7. The van der Waals surface area contributed by atoms with Crippen LogP contribution in [0.3, 0.4) is 0 Å². The molecule has 2 aliphatic rings. The summed E-state index contributed by atoms with van der Waals surface area (Å²) in [4.78, 5) is 24.2.